The van der Waals surface area contributed by atoms with Crippen molar-refractivity contribution in [3.8, 4) is 51.2 Å². The third-order valence-electron chi connectivity index (χ3n) is 4.18. The summed E-state index contributed by atoms with van der Waals surface area (Å²) < 4.78 is 42.1. The van der Waals surface area contributed by atoms with E-state index in [1.54, 1.807) is 18.2 Å². The Morgan fingerprint density at radius 3 is 1.88 bits per heavy atom. The molecule has 0 aliphatic carbocycles. The first-order valence-electron chi connectivity index (χ1n) is 8.46. The summed E-state index contributed by atoms with van der Waals surface area (Å²) in [6, 6.07) is 7.80. The Balaban J connectivity index is 0.00000256. The Bertz CT molecular complexity index is 1080. The molecule has 0 amide bonds. The molecule has 1 heterocycles. The van der Waals surface area contributed by atoms with Crippen molar-refractivity contribution in [3.05, 3.63) is 36.5 Å². The fraction of sp³-hybridized carbons (Fsp3) is 0.211. The van der Waals surface area contributed by atoms with Crippen molar-refractivity contribution >= 4 is 7.82 Å². The predicted octanol–water partition coefficient (Wildman–Crippen LogP) is -3.74. The van der Waals surface area contributed by atoms with Crippen molar-refractivity contribution in [2.24, 2.45) is 0 Å². The number of hydrogen-bond donors (Lipinski definition) is 0. The molecule has 10 nitrogen and oxygen atoms in total. The second-order valence-corrected chi connectivity index (χ2v) is 6.96. The number of ether oxygens (including phenoxy) is 4. The van der Waals surface area contributed by atoms with Gasteiger partial charge >= 0.3 is 59.1 Å². The van der Waals surface area contributed by atoms with Crippen LogP contribution in [0.15, 0.2) is 41.1 Å². The molecule has 160 valence electrons. The average molecular weight is 481 g/mol. The van der Waals surface area contributed by atoms with Gasteiger partial charge in [-0.2, -0.15) is 0 Å². The summed E-state index contributed by atoms with van der Waals surface area (Å²) in [5.74, 6) is 1.40. The van der Waals surface area contributed by atoms with Crippen LogP contribution in [0.25, 0.3) is 22.5 Å². The Kier molecular flexibility index (Phi) is 11.1. The van der Waals surface area contributed by atoms with Gasteiger partial charge in [0.2, 0.25) is 5.75 Å². The molecular formula is C19H18NNa2O9P. The molecule has 3 rings (SSSR count). The third kappa shape index (κ3) is 6.44. The van der Waals surface area contributed by atoms with Crippen LogP contribution in [0.1, 0.15) is 0 Å². The number of benzene rings is 2. The number of phosphoric ester groups is 1. The number of rotatable bonds is 8. The van der Waals surface area contributed by atoms with Gasteiger partial charge in [0.15, 0.2) is 28.8 Å². The van der Waals surface area contributed by atoms with Crippen LogP contribution < -0.4 is 92.4 Å². The third-order valence-corrected chi connectivity index (χ3v) is 4.60. The van der Waals surface area contributed by atoms with Crippen LogP contribution in [0.2, 0.25) is 0 Å². The zero-order valence-corrected chi connectivity index (χ0v) is 23.4. The number of aromatic nitrogens is 1. The molecule has 0 bridgehead atoms. The molecular weight excluding hydrogens is 463 g/mol. The summed E-state index contributed by atoms with van der Waals surface area (Å²) in [6.45, 7) is 0. The van der Waals surface area contributed by atoms with Gasteiger partial charge in [-0.3, -0.25) is 0 Å². The number of methoxy groups -OCH3 is 4. The zero-order valence-electron chi connectivity index (χ0n) is 18.5. The molecule has 0 unspecified atom stereocenters. The molecule has 0 fully saturated rings. The second kappa shape index (κ2) is 12.3. The number of hydrogen-bond acceptors (Lipinski definition) is 10. The fourth-order valence-corrected chi connectivity index (χ4v) is 3.29. The van der Waals surface area contributed by atoms with E-state index in [1.807, 2.05) is 0 Å². The molecule has 0 saturated carbocycles. The van der Waals surface area contributed by atoms with Crippen LogP contribution in [0.5, 0.6) is 28.7 Å². The molecule has 0 N–H and O–H groups in total. The van der Waals surface area contributed by atoms with E-state index < -0.39 is 7.82 Å². The smallest absolute Gasteiger partial charge is 0.780 e. The SMILES string of the molecule is COc1ccc(-c2cnoc2-c2cc(OC)c(OC)c(OC)c2)cc1OP(=O)([O-])[O-].[Na+].[Na+]. The summed E-state index contributed by atoms with van der Waals surface area (Å²) >= 11 is 0. The van der Waals surface area contributed by atoms with Gasteiger partial charge in [-0.25, -0.2) is 0 Å². The van der Waals surface area contributed by atoms with E-state index >= 15 is 0 Å². The van der Waals surface area contributed by atoms with Gasteiger partial charge < -0.3 is 42.3 Å². The molecule has 0 aliphatic rings. The minimum Gasteiger partial charge on any atom is -0.780 e. The molecule has 0 saturated heterocycles. The van der Waals surface area contributed by atoms with Crippen LogP contribution in [0.4, 0.5) is 0 Å². The summed E-state index contributed by atoms with van der Waals surface area (Å²) in [6.07, 6.45) is 1.44. The topological polar surface area (TPSA) is 135 Å². The molecule has 0 spiro atoms. The van der Waals surface area contributed by atoms with Gasteiger partial charge in [-0.05, 0) is 29.8 Å². The molecule has 1 aromatic heterocycles. The van der Waals surface area contributed by atoms with Crippen LogP contribution in [0.3, 0.4) is 0 Å². The number of phosphoric acid groups is 1. The predicted molar refractivity (Wildman–Crippen MR) is 102 cm³/mol. The number of nitrogens with zero attached hydrogens (tertiary/aromatic N) is 1. The standard InChI is InChI=1S/C19H20NO9P.2Na/c1-24-14-6-5-11(7-15(14)29-30(21,22)23)13-10-20-28-18(13)12-8-16(25-2)19(27-4)17(9-12)26-3;;/h5-10H,1-4H3,(H2,21,22,23);;/q;2*+1/p-2. The van der Waals surface area contributed by atoms with Crippen LogP contribution in [0, 0.1) is 0 Å². The molecule has 0 atom stereocenters. The molecule has 0 radical (unpaired) electrons. The maximum absolute atomic E-state index is 11.1. The van der Waals surface area contributed by atoms with E-state index in [0.717, 1.165) is 0 Å². The van der Waals surface area contributed by atoms with Gasteiger partial charge in [0, 0.05) is 11.1 Å². The molecule has 0 aliphatic heterocycles. The molecule has 32 heavy (non-hydrogen) atoms. The van der Waals surface area contributed by atoms with E-state index in [1.165, 1.54) is 46.8 Å². The van der Waals surface area contributed by atoms with Crippen molar-refractivity contribution in [1.29, 1.82) is 0 Å². The first kappa shape index (κ1) is 28.8. The van der Waals surface area contributed by atoms with Gasteiger partial charge in [0.05, 0.1) is 34.6 Å². The summed E-state index contributed by atoms with van der Waals surface area (Å²) in [4.78, 5) is 22.2. The maximum Gasteiger partial charge on any atom is 1.00 e. The molecule has 2 aromatic carbocycles. The van der Waals surface area contributed by atoms with E-state index in [9.17, 15) is 14.4 Å². The monoisotopic (exact) mass is 481 g/mol. The minimum atomic E-state index is -5.29. The van der Waals surface area contributed by atoms with Crippen molar-refractivity contribution in [2.75, 3.05) is 28.4 Å². The summed E-state index contributed by atoms with van der Waals surface area (Å²) in [5, 5.41) is 3.84. The van der Waals surface area contributed by atoms with Crippen LogP contribution >= 0.6 is 7.82 Å². The van der Waals surface area contributed by atoms with E-state index in [2.05, 4.69) is 9.68 Å². The van der Waals surface area contributed by atoms with Gasteiger partial charge in [0.1, 0.15) is 7.82 Å². The Hall–Kier alpha value is -1.20. The quantitative estimate of drug-likeness (QED) is 0.233. The zero-order chi connectivity index (χ0) is 21.9. The summed E-state index contributed by atoms with van der Waals surface area (Å²) in [7, 11) is 0.493. The van der Waals surface area contributed by atoms with Crippen molar-refractivity contribution in [3.63, 3.8) is 0 Å². The summed E-state index contributed by atoms with van der Waals surface area (Å²) in [5.41, 5.74) is 1.54. The van der Waals surface area contributed by atoms with Crippen LogP contribution in [-0.2, 0) is 4.57 Å². The van der Waals surface area contributed by atoms with E-state index in [-0.39, 0.29) is 70.6 Å². The first-order chi connectivity index (χ1) is 14.3. The average Bonchev–Trinajstić information content (AvgIpc) is 3.21. The molecule has 13 heteroatoms. The van der Waals surface area contributed by atoms with Crippen molar-refractivity contribution in [1.82, 2.24) is 5.16 Å². The Labute approximate surface area is 229 Å². The largest absolute Gasteiger partial charge is 1.00 e. The normalized spacial score (nSPS) is 10.4. The van der Waals surface area contributed by atoms with Crippen molar-refractivity contribution in [2.45, 2.75) is 0 Å². The second-order valence-electron chi connectivity index (χ2n) is 5.89. The van der Waals surface area contributed by atoms with Crippen molar-refractivity contribution < 1.29 is 101 Å². The van der Waals surface area contributed by atoms with E-state index in [0.29, 0.717) is 39.7 Å². The van der Waals surface area contributed by atoms with E-state index in [4.69, 9.17) is 23.5 Å². The van der Waals surface area contributed by atoms with Gasteiger partial charge in [-0.1, -0.05) is 11.2 Å². The Morgan fingerprint density at radius 2 is 1.38 bits per heavy atom. The maximum atomic E-state index is 11.1. The first-order valence-corrected chi connectivity index (χ1v) is 9.92. The van der Waals surface area contributed by atoms with Crippen LogP contribution in [-0.4, -0.2) is 33.6 Å². The van der Waals surface area contributed by atoms with Gasteiger partial charge in [-0.15, -0.1) is 0 Å². The minimum absolute atomic E-state index is 0. The van der Waals surface area contributed by atoms with Gasteiger partial charge in [0.25, 0.3) is 0 Å². The Morgan fingerprint density at radius 1 is 0.812 bits per heavy atom. The fourth-order valence-electron chi connectivity index (χ4n) is 2.90. The molecule has 3 aromatic rings.